The molecule has 1 heterocycles. The maximum absolute atomic E-state index is 13.4. The first-order valence-corrected chi connectivity index (χ1v) is 4.31. The number of hydrogen-bond donors (Lipinski definition) is 0. The van der Waals surface area contributed by atoms with Crippen molar-refractivity contribution in [1.82, 2.24) is 4.98 Å². The Hall–Kier alpha value is -1.05. The topological polar surface area (TPSA) is 12.9 Å². The minimum absolute atomic E-state index is 0.132. The van der Waals surface area contributed by atoms with Crippen molar-refractivity contribution in [1.29, 1.82) is 0 Å². The van der Waals surface area contributed by atoms with Crippen molar-refractivity contribution < 1.29 is 30.7 Å². The lowest BCUT2D eigenvalue weighted by molar-refractivity contribution is -0.348. The fourth-order valence-corrected chi connectivity index (χ4v) is 1.26. The first-order valence-electron chi connectivity index (χ1n) is 3.93. The first kappa shape index (κ1) is 14.0. The summed E-state index contributed by atoms with van der Waals surface area (Å²) in [5.41, 5.74) is -7.19. The molecule has 0 spiro atoms. The third-order valence-corrected chi connectivity index (χ3v) is 2.09. The molecule has 0 amide bonds. The molecule has 0 aliphatic rings. The van der Waals surface area contributed by atoms with Crippen LogP contribution in [0.5, 0.6) is 0 Å². The Morgan fingerprint density at radius 3 is 1.71 bits per heavy atom. The molecule has 1 nitrogen and oxygen atoms in total. The van der Waals surface area contributed by atoms with Crippen LogP contribution in [0.25, 0.3) is 0 Å². The molecule has 17 heavy (non-hydrogen) atoms. The summed E-state index contributed by atoms with van der Waals surface area (Å²) in [7, 11) is 0. The zero-order valence-electron chi connectivity index (χ0n) is 7.70. The second-order valence-electron chi connectivity index (χ2n) is 3.05. The Balaban J connectivity index is 3.46. The quantitative estimate of drug-likeness (QED) is 0.708. The molecular formula is C8H3ClF7N. The Morgan fingerprint density at radius 2 is 1.35 bits per heavy atom. The zero-order chi connectivity index (χ0) is 13.5. The maximum atomic E-state index is 13.4. The number of alkyl halides is 7. The minimum atomic E-state index is -6.16. The van der Waals surface area contributed by atoms with E-state index in [4.69, 9.17) is 11.6 Å². The molecule has 0 aromatic carbocycles. The molecule has 0 radical (unpaired) electrons. The molecule has 0 N–H and O–H groups in total. The number of hydrogen-bond acceptors (Lipinski definition) is 1. The highest BCUT2D eigenvalue weighted by atomic mass is 35.5. The monoisotopic (exact) mass is 281 g/mol. The highest BCUT2D eigenvalue weighted by Crippen LogP contribution is 2.53. The highest BCUT2D eigenvalue weighted by Gasteiger charge is 2.73. The molecular weight excluding hydrogens is 279 g/mol. The Labute approximate surface area is 95.2 Å². The van der Waals surface area contributed by atoms with E-state index in [-0.39, 0.29) is 12.3 Å². The van der Waals surface area contributed by atoms with Gasteiger partial charge in [-0.2, -0.15) is 26.3 Å². The summed E-state index contributed by atoms with van der Waals surface area (Å²) >= 11 is 5.19. The molecule has 0 bridgehead atoms. The molecule has 9 heteroatoms. The van der Waals surface area contributed by atoms with Crippen molar-refractivity contribution in [3.05, 3.63) is 29.0 Å². The molecule has 0 saturated heterocycles. The largest absolute Gasteiger partial charge is 0.436 e. The Bertz CT molecular complexity index is 397. The predicted molar refractivity (Wildman–Crippen MR) is 44.1 cm³/mol. The number of aromatic nitrogens is 1. The summed E-state index contributed by atoms with van der Waals surface area (Å²) in [6.07, 6.45) is -11.4. The van der Waals surface area contributed by atoms with Gasteiger partial charge < -0.3 is 0 Å². The SMILES string of the molecule is FC(F)(F)C(F)(c1cncc(Cl)c1)C(F)(F)F. The lowest BCUT2D eigenvalue weighted by Gasteiger charge is -2.29. The normalized spacial score (nSPS) is 13.9. The van der Waals surface area contributed by atoms with Crippen molar-refractivity contribution in [2.24, 2.45) is 0 Å². The minimum Gasteiger partial charge on any atom is -0.263 e. The summed E-state index contributed by atoms with van der Waals surface area (Å²) in [4.78, 5) is 3.01. The molecule has 1 aromatic heterocycles. The van der Waals surface area contributed by atoms with Gasteiger partial charge in [0.1, 0.15) is 0 Å². The van der Waals surface area contributed by atoms with Gasteiger partial charge in [0.15, 0.2) is 0 Å². The molecule has 0 aliphatic carbocycles. The van der Waals surface area contributed by atoms with E-state index >= 15 is 0 Å². The summed E-state index contributed by atoms with van der Waals surface area (Å²) in [6, 6.07) is 0.232. The average Bonchev–Trinajstić information content (AvgIpc) is 2.12. The first-order chi connectivity index (χ1) is 7.50. The summed E-state index contributed by atoms with van der Waals surface area (Å²) in [5.74, 6) is 0. The average molecular weight is 282 g/mol. The van der Waals surface area contributed by atoms with Crippen molar-refractivity contribution in [2.45, 2.75) is 18.0 Å². The van der Waals surface area contributed by atoms with Crippen molar-refractivity contribution in [2.75, 3.05) is 0 Å². The third kappa shape index (κ3) is 2.31. The van der Waals surface area contributed by atoms with Gasteiger partial charge in [-0.25, -0.2) is 4.39 Å². The Kier molecular flexibility index (Phi) is 3.30. The number of nitrogens with zero attached hydrogens (tertiary/aromatic N) is 1. The van der Waals surface area contributed by atoms with Gasteiger partial charge in [0.05, 0.1) is 5.02 Å². The number of pyridine rings is 1. The van der Waals surface area contributed by atoms with E-state index in [2.05, 4.69) is 4.98 Å². The van der Waals surface area contributed by atoms with Crippen LogP contribution in [0.2, 0.25) is 5.02 Å². The second kappa shape index (κ2) is 4.01. The predicted octanol–water partition coefficient (Wildman–Crippen LogP) is 4.02. The van der Waals surface area contributed by atoms with Crippen LogP contribution in [0.15, 0.2) is 18.5 Å². The van der Waals surface area contributed by atoms with Gasteiger partial charge in [-0.1, -0.05) is 11.6 Å². The van der Waals surface area contributed by atoms with Gasteiger partial charge in [-0.15, -0.1) is 0 Å². The van der Waals surface area contributed by atoms with Gasteiger partial charge in [-0.05, 0) is 6.07 Å². The van der Waals surface area contributed by atoms with Gasteiger partial charge in [0.25, 0.3) is 0 Å². The van der Waals surface area contributed by atoms with Crippen LogP contribution in [0.1, 0.15) is 5.56 Å². The van der Waals surface area contributed by atoms with Gasteiger partial charge >= 0.3 is 18.0 Å². The van der Waals surface area contributed by atoms with Crippen molar-refractivity contribution in [3.8, 4) is 0 Å². The smallest absolute Gasteiger partial charge is 0.263 e. The number of rotatable bonds is 1. The van der Waals surface area contributed by atoms with Gasteiger partial charge in [0.2, 0.25) is 0 Å². The fraction of sp³-hybridized carbons (Fsp3) is 0.375. The summed E-state index contributed by atoms with van der Waals surface area (Å²) < 4.78 is 86.9. The van der Waals surface area contributed by atoms with Crippen LogP contribution in [0.3, 0.4) is 0 Å². The van der Waals surface area contributed by atoms with Crippen LogP contribution in [0.4, 0.5) is 30.7 Å². The molecule has 0 atom stereocenters. The second-order valence-corrected chi connectivity index (χ2v) is 3.48. The van der Waals surface area contributed by atoms with Crippen LogP contribution < -0.4 is 0 Å². The van der Waals surface area contributed by atoms with E-state index in [1.165, 1.54) is 0 Å². The van der Waals surface area contributed by atoms with Crippen molar-refractivity contribution in [3.63, 3.8) is 0 Å². The fourth-order valence-electron chi connectivity index (χ4n) is 1.09. The van der Waals surface area contributed by atoms with Crippen LogP contribution in [0, 0.1) is 0 Å². The maximum Gasteiger partial charge on any atom is 0.436 e. The van der Waals surface area contributed by atoms with Gasteiger partial charge in [0, 0.05) is 18.0 Å². The van der Waals surface area contributed by atoms with Crippen LogP contribution in [-0.2, 0) is 5.67 Å². The zero-order valence-corrected chi connectivity index (χ0v) is 8.46. The van der Waals surface area contributed by atoms with E-state index in [1.807, 2.05) is 0 Å². The van der Waals surface area contributed by atoms with Crippen LogP contribution in [-0.4, -0.2) is 17.3 Å². The molecule has 0 aliphatic heterocycles. The van der Waals surface area contributed by atoms with Gasteiger partial charge in [-0.3, -0.25) is 4.98 Å². The molecule has 1 rings (SSSR count). The van der Waals surface area contributed by atoms with E-state index in [1.54, 1.807) is 0 Å². The molecule has 1 aromatic rings. The van der Waals surface area contributed by atoms with E-state index in [0.29, 0.717) is 0 Å². The molecule has 96 valence electrons. The molecule has 0 saturated carbocycles. The molecule has 0 fully saturated rings. The standard InChI is InChI=1S/C8H3ClF7N/c9-5-1-4(2-17-3-5)6(10,7(11,12)13)8(14,15)16/h1-3H. The lowest BCUT2D eigenvalue weighted by atomic mass is 9.96. The summed E-state index contributed by atoms with van der Waals surface area (Å²) in [5, 5.41) is -0.530. The summed E-state index contributed by atoms with van der Waals surface area (Å²) in [6.45, 7) is 0. The number of halogens is 8. The van der Waals surface area contributed by atoms with Crippen LogP contribution >= 0.6 is 11.6 Å². The molecule has 0 unspecified atom stereocenters. The Morgan fingerprint density at radius 1 is 0.882 bits per heavy atom. The van der Waals surface area contributed by atoms with Crippen molar-refractivity contribution >= 4 is 11.6 Å². The lowest BCUT2D eigenvalue weighted by Crippen LogP contribution is -2.50. The third-order valence-electron chi connectivity index (χ3n) is 1.88. The highest BCUT2D eigenvalue weighted by molar-refractivity contribution is 6.30. The van der Waals surface area contributed by atoms with E-state index in [0.717, 1.165) is 6.20 Å². The van der Waals surface area contributed by atoms with E-state index in [9.17, 15) is 30.7 Å². The van der Waals surface area contributed by atoms with E-state index < -0.39 is 28.6 Å².